The number of allylic oxidation sites excluding steroid dienone is 1. The maximum absolute atomic E-state index is 12.6. The molecule has 0 heterocycles. The van der Waals surface area contributed by atoms with Crippen molar-refractivity contribution >= 4 is 11.9 Å². The molecule has 22 heavy (non-hydrogen) atoms. The average molecular weight is 306 g/mol. The van der Waals surface area contributed by atoms with Gasteiger partial charge in [0.25, 0.3) is 0 Å². The van der Waals surface area contributed by atoms with E-state index in [9.17, 15) is 18.0 Å². The van der Waals surface area contributed by atoms with Gasteiger partial charge in [-0.15, -0.1) is 0 Å². The lowest BCUT2D eigenvalue weighted by atomic mass is 10.1. The number of methoxy groups -OCH3 is 1. The molecule has 0 saturated carbocycles. The van der Waals surface area contributed by atoms with Gasteiger partial charge in [0, 0.05) is 11.1 Å². The molecule has 0 bridgehead atoms. The number of hydrogen-bond donors (Lipinski definition) is 0. The lowest BCUT2D eigenvalue weighted by molar-refractivity contribution is -0.137. The molecule has 0 atom stereocenters. The first-order valence-corrected chi connectivity index (χ1v) is 6.44. The highest BCUT2D eigenvalue weighted by Gasteiger charge is 2.31. The van der Waals surface area contributed by atoms with E-state index in [1.165, 1.54) is 25.3 Å². The highest BCUT2D eigenvalue weighted by Crippen LogP contribution is 2.33. The van der Waals surface area contributed by atoms with Crippen LogP contribution in [0.5, 0.6) is 5.75 Å². The maximum atomic E-state index is 12.6. The third-order valence-corrected chi connectivity index (χ3v) is 3.03. The van der Waals surface area contributed by atoms with Crippen molar-refractivity contribution in [2.24, 2.45) is 0 Å². The van der Waals surface area contributed by atoms with E-state index in [0.717, 1.165) is 12.1 Å². The minimum atomic E-state index is -4.44. The second kappa shape index (κ2) is 6.47. The van der Waals surface area contributed by atoms with Gasteiger partial charge in [0.15, 0.2) is 5.78 Å². The van der Waals surface area contributed by atoms with Crippen molar-refractivity contribution in [3.63, 3.8) is 0 Å². The van der Waals surface area contributed by atoms with Crippen LogP contribution in [-0.2, 0) is 6.18 Å². The van der Waals surface area contributed by atoms with Crippen LogP contribution in [0.1, 0.15) is 21.5 Å². The molecule has 0 fully saturated rings. The van der Waals surface area contributed by atoms with Gasteiger partial charge in [-0.3, -0.25) is 4.79 Å². The number of rotatable bonds is 4. The van der Waals surface area contributed by atoms with Gasteiger partial charge in [0.2, 0.25) is 0 Å². The fourth-order valence-electron chi connectivity index (χ4n) is 1.89. The van der Waals surface area contributed by atoms with Crippen LogP contribution in [0.25, 0.3) is 6.08 Å². The summed E-state index contributed by atoms with van der Waals surface area (Å²) in [5.74, 6) is -0.172. The number of benzene rings is 2. The van der Waals surface area contributed by atoms with E-state index < -0.39 is 11.7 Å². The largest absolute Gasteiger partial charge is 0.496 e. The van der Waals surface area contributed by atoms with Gasteiger partial charge < -0.3 is 4.74 Å². The second-order valence-corrected chi connectivity index (χ2v) is 4.52. The molecular formula is C17H13F3O2. The lowest BCUT2D eigenvalue weighted by Gasteiger charge is -2.10. The molecule has 2 aromatic carbocycles. The van der Waals surface area contributed by atoms with E-state index in [-0.39, 0.29) is 11.5 Å². The molecule has 2 nitrogen and oxygen atoms in total. The summed E-state index contributed by atoms with van der Waals surface area (Å²) >= 11 is 0. The van der Waals surface area contributed by atoms with Crippen LogP contribution in [0, 0.1) is 0 Å². The SMILES string of the molecule is COc1cc(C(F)(F)F)ccc1/C=C/C(=O)c1ccccc1. The number of carbonyl (C=O) groups is 1. The molecule has 0 N–H and O–H groups in total. The Balaban J connectivity index is 2.26. The fraction of sp³-hybridized carbons (Fsp3) is 0.118. The second-order valence-electron chi connectivity index (χ2n) is 4.52. The van der Waals surface area contributed by atoms with E-state index in [1.807, 2.05) is 0 Å². The van der Waals surface area contributed by atoms with Crippen molar-refractivity contribution in [2.45, 2.75) is 6.18 Å². The van der Waals surface area contributed by atoms with E-state index in [4.69, 9.17) is 4.74 Å². The first-order valence-electron chi connectivity index (χ1n) is 6.44. The van der Waals surface area contributed by atoms with Crippen LogP contribution in [0.3, 0.4) is 0 Å². The van der Waals surface area contributed by atoms with E-state index in [0.29, 0.717) is 11.1 Å². The molecule has 5 heteroatoms. The molecule has 0 amide bonds. The summed E-state index contributed by atoms with van der Waals surface area (Å²) in [5, 5.41) is 0. The zero-order valence-electron chi connectivity index (χ0n) is 11.7. The normalized spacial score (nSPS) is 11.6. The van der Waals surface area contributed by atoms with Gasteiger partial charge in [-0.2, -0.15) is 13.2 Å². The van der Waals surface area contributed by atoms with Gasteiger partial charge in [-0.1, -0.05) is 36.4 Å². The molecule has 0 aliphatic carbocycles. The topological polar surface area (TPSA) is 26.3 Å². The molecule has 0 radical (unpaired) electrons. The van der Waals surface area contributed by atoms with Crippen molar-refractivity contribution in [3.8, 4) is 5.75 Å². The first kappa shape index (κ1) is 15.8. The Bertz CT molecular complexity index is 689. The monoisotopic (exact) mass is 306 g/mol. The summed E-state index contributed by atoms with van der Waals surface area (Å²) in [4.78, 5) is 11.9. The van der Waals surface area contributed by atoms with E-state index in [2.05, 4.69) is 0 Å². The predicted octanol–water partition coefficient (Wildman–Crippen LogP) is 4.61. The number of ketones is 1. The third kappa shape index (κ3) is 3.75. The summed E-state index contributed by atoms with van der Waals surface area (Å²) in [6, 6.07) is 11.7. The minimum Gasteiger partial charge on any atom is -0.496 e. The van der Waals surface area contributed by atoms with Crippen molar-refractivity contribution in [3.05, 3.63) is 71.3 Å². The Kier molecular flexibility index (Phi) is 4.65. The zero-order valence-corrected chi connectivity index (χ0v) is 11.7. The molecule has 0 unspecified atom stereocenters. The first-order chi connectivity index (χ1) is 10.4. The Morgan fingerprint density at radius 3 is 2.36 bits per heavy atom. The summed E-state index contributed by atoms with van der Waals surface area (Å²) in [6.45, 7) is 0. The average Bonchev–Trinajstić information content (AvgIpc) is 2.52. The van der Waals surface area contributed by atoms with Gasteiger partial charge in [-0.05, 0) is 24.3 Å². The summed E-state index contributed by atoms with van der Waals surface area (Å²) in [5.41, 5.74) is 0.111. The van der Waals surface area contributed by atoms with E-state index >= 15 is 0 Å². The van der Waals surface area contributed by atoms with Crippen molar-refractivity contribution < 1.29 is 22.7 Å². The smallest absolute Gasteiger partial charge is 0.416 e. The molecule has 0 saturated heterocycles. The molecule has 0 aliphatic heterocycles. The number of ether oxygens (including phenoxy) is 1. The number of carbonyl (C=O) groups excluding carboxylic acids is 1. The quantitative estimate of drug-likeness (QED) is 0.609. The van der Waals surface area contributed by atoms with Gasteiger partial charge >= 0.3 is 6.18 Å². The Morgan fingerprint density at radius 2 is 1.77 bits per heavy atom. The zero-order chi connectivity index (χ0) is 16.2. The van der Waals surface area contributed by atoms with E-state index in [1.54, 1.807) is 30.3 Å². The summed E-state index contributed by atoms with van der Waals surface area (Å²) in [6.07, 6.45) is -1.69. The van der Waals surface area contributed by atoms with Crippen molar-refractivity contribution in [2.75, 3.05) is 7.11 Å². The van der Waals surface area contributed by atoms with Gasteiger partial charge in [0.1, 0.15) is 5.75 Å². The van der Waals surface area contributed by atoms with Crippen LogP contribution >= 0.6 is 0 Å². The highest BCUT2D eigenvalue weighted by molar-refractivity contribution is 6.06. The number of halogens is 3. The third-order valence-electron chi connectivity index (χ3n) is 3.03. The molecule has 0 spiro atoms. The van der Waals surface area contributed by atoms with Crippen molar-refractivity contribution in [1.82, 2.24) is 0 Å². The predicted molar refractivity (Wildman–Crippen MR) is 77.8 cm³/mol. The maximum Gasteiger partial charge on any atom is 0.416 e. The highest BCUT2D eigenvalue weighted by atomic mass is 19.4. The van der Waals surface area contributed by atoms with Crippen LogP contribution in [0.15, 0.2) is 54.6 Å². The lowest BCUT2D eigenvalue weighted by Crippen LogP contribution is -2.05. The van der Waals surface area contributed by atoms with Crippen LogP contribution < -0.4 is 4.74 Å². The molecule has 0 aliphatic rings. The Labute approximate surface area is 125 Å². The number of alkyl halides is 3. The van der Waals surface area contributed by atoms with Crippen molar-refractivity contribution in [1.29, 1.82) is 0 Å². The summed E-state index contributed by atoms with van der Waals surface area (Å²) < 4.78 is 42.9. The standard InChI is InChI=1S/C17H13F3O2/c1-22-16-11-14(17(18,19)20)9-7-13(16)8-10-15(21)12-5-3-2-4-6-12/h2-11H,1H3/b10-8+. The number of hydrogen-bond acceptors (Lipinski definition) is 2. The van der Waals surface area contributed by atoms with Gasteiger partial charge in [-0.25, -0.2) is 0 Å². The molecular weight excluding hydrogens is 293 g/mol. The Hall–Kier alpha value is -2.56. The van der Waals surface area contributed by atoms with Crippen LogP contribution in [0.2, 0.25) is 0 Å². The molecule has 2 aromatic rings. The van der Waals surface area contributed by atoms with Crippen LogP contribution in [-0.4, -0.2) is 12.9 Å². The molecule has 2 rings (SSSR count). The minimum absolute atomic E-state index is 0.0620. The molecule has 0 aromatic heterocycles. The molecule has 114 valence electrons. The fourth-order valence-corrected chi connectivity index (χ4v) is 1.89. The summed E-state index contributed by atoms with van der Waals surface area (Å²) in [7, 11) is 1.28. The van der Waals surface area contributed by atoms with Crippen LogP contribution in [0.4, 0.5) is 13.2 Å². The van der Waals surface area contributed by atoms with Gasteiger partial charge in [0.05, 0.1) is 12.7 Å². The Morgan fingerprint density at radius 1 is 1.09 bits per heavy atom.